The molecular weight excluding hydrogens is 428 g/mol. The van der Waals surface area contributed by atoms with Gasteiger partial charge in [0, 0.05) is 37.7 Å². The number of aromatic nitrogens is 4. The smallest absolute Gasteiger partial charge is 0.292 e. The number of hydrogen-bond donors (Lipinski definition) is 1. The molecule has 1 aliphatic rings. The Bertz CT molecular complexity index is 1230. The fraction of sp³-hybridized carbons (Fsp3) is 0.333. The first-order valence-corrected chi connectivity index (χ1v) is 9.86. The second-order valence-corrected chi connectivity index (χ2v) is 8.30. The van der Waals surface area contributed by atoms with E-state index in [9.17, 15) is 23.9 Å². The number of nitrogens with zero attached hydrogens (tertiary/aromatic N) is 5. The molecule has 0 aliphatic heterocycles. The topological polar surface area (TPSA) is 96.7 Å². The third-order valence-electron chi connectivity index (χ3n) is 5.40. The van der Waals surface area contributed by atoms with Crippen molar-refractivity contribution in [2.75, 3.05) is 0 Å². The molecule has 4 rings (SSSR count). The van der Waals surface area contributed by atoms with Gasteiger partial charge in [-0.2, -0.15) is 24.2 Å². The summed E-state index contributed by atoms with van der Waals surface area (Å²) in [5.41, 5.74) is 0.191. The summed E-state index contributed by atoms with van der Waals surface area (Å²) in [5.74, 6) is -4.21. The van der Waals surface area contributed by atoms with Crippen LogP contribution in [0.2, 0.25) is 5.02 Å². The summed E-state index contributed by atoms with van der Waals surface area (Å²) in [6.45, 7) is 0.650. The third-order valence-corrected chi connectivity index (χ3v) is 5.73. The Hall–Kier alpha value is -3.25. The molecule has 10 heteroatoms. The highest BCUT2D eigenvalue weighted by molar-refractivity contribution is 6.34. The minimum absolute atomic E-state index is 0.0160. The zero-order chi connectivity index (χ0) is 22.6. The van der Waals surface area contributed by atoms with Gasteiger partial charge in [0.25, 0.3) is 5.92 Å². The van der Waals surface area contributed by atoms with Crippen LogP contribution < -0.4 is 0 Å². The summed E-state index contributed by atoms with van der Waals surface area (Å²) in [6, 6.07) is 7.11. The van der Waals surface area contributed by atoms with Crippen LogP contribution in [0.15, 0.2) is 30.6 Å². The highest BCUT2D eigenvalue weighted by atomic mass is 35.5. The number of nitriles is 1. The number of benzene rings is 1. The normalized spacial score (nSPS) is 15.0. The van der Waals surface area contributed by atoms with Crippen LogP contribution in [0.25, 0.3) is 16.9 Å². The lowest BCUT2D eigenvalue weighted by Crippen LogP contribution is -2.08. The van der Waals surface area contributed by atoms with Crippen LogP contribution in [0.4, 0.5) is 8.78 Å². The first-order valence-electron chi connectivity index (χ1n) is 9.48. The summed E-state index contributed by atoms with van der Waals surface area (Å²) in [5, 5.41) is 27.6. The first-order chi connectivity index (χ1) is 14.5. The molecule has 0 saturated heterocycles. The van der Waals surface area contributed by atoms with Gasteiger partial charge < -0.3 is 5.11 Å². The van der Waals surface area contributed by atoms with E-state index >= 15 is 0 Å². The van der Waals surface area contributed by atoms with Crippen molar-refractivity contribution in [1.82, 2.24) is 19.6 Å². The molecule has 3 aromatic rings. The predicted octanol–water partition coefficient (Wildman–Crippen LogP) is 4.62. The summed E-state index contributed by atoms with van der Waals surface area (Å²) in [6.07, 6.45) is 4.52. The number of aryl methyl sites for hydroxylation is 1. The average Bonchev–Trinajstić information content (AvgIpc) is 3.17. The van der Waals surface area contributed by atoms with Crippen LogP contribution in [0, 0.1) is 16.7 Å². The molecular formula is C21H18ClF2N5O2. The minimum Gasteiger partial charge on any atom is -0.503 e. The molecule has 0 spiro atoms. The van der Waals surface area contributed by atoms with Crippen molar-refractivity contribution in [3.05, 3.63) is 46.9 Å². The molecule has 7 nitrogen and oxygen atoms in total. The number of aromatic hydroxyl groups is 1. The van der Waals surface area contributed by atoms with E-state index < -0.39 is 22.8 Å². The molecule has 1 saturated carbocycles. The van der Waals surface area contributed by atoms with Crippen molar-refractivity contribution in [1.29, 1.82) is 5.26 Å². The lowest BCUT2D eigenvalue weighted by Gasteiger charge is -2.08. The monoisotopic (exact) mass is 445 g/mol. The van der Waals surface area contributed by atoms with Gasteiger partial charge in [0.05, 0.1) is 22.7 Å². The van der Waals surface area contributed by atoms with Gasteiger partial charge in [0.2, 0.25) is 0 Å². The number of rotatable bonds is 6. The van der Waals surface area contributed by atoms with Crippen molar-refractivity contribution in [2.45, 2.75) is 32.1 Å². The van der Waals surface area contributed by atoms with Crippen LogP contribution in [0.3, 0.4) is 0 Å². The van der Waals surface area contributed by atoms with Gasteiger partial charge >= 0.3 is 0 Å². The number of ketones is 1. The molecule has 2 aromatic heterocycles. The number of Topliss-reactive ketones (excluding diaryl/α,β-unsaturated/α-hetero) is 1. The maximum absolute atomic E-state index is 13.7. The summed E-state index contributed by atoms with van der Waals surface area (Å²) in [7, 11) is 1.42. The lowest BCUT2D eigenvalue weighted by molar-refractivity contribution is 0.0100. The Balaban J connectivity index is 1.67. The van der Waals surface area contributed by atoms with Gasteiger partial charge in [0.15, 0.2) is 23.0 Å². The molecule has 31 heavy (non-hydrogen) atoms. The van der Waals surface area contributed by atoms with Gasteiger partial charge in [-0.3, -0.25) is 4.79 Å². The van der Waals surface area contributed by atoms with E-state index in [1.54, 1.807) is 18.2 Å². The highest BCUT2D eigenvalue weighted by Gasteiger charge is 2.45. The van der Waals surface area contributed by atoms with E-state index in [0.29, 0.717) is 36.5 Å². The van der Waals surface area contributed by atoms with Crippen molar-refractivity contribution < 1.29 is 18.7 Å². The molecule has 0 bridgehead atoms. The van der Waals surface area contributed by atoms with Gasteiger partial charge in [-0.25, -0.2) is 9.36 Å². The van der Waals surface area contributed by atoms with E-state index in [4.69, 9.17) is 11.6 Å². The molecule has 160 valence electrons. The minimum atomic E-state index is -3.32. The second-order valence-electron chi connectivity index (χ2n) is 7.89. The van der Waals surface area contributed by atoms with Gasteiger partial charge in [-0.05, 0) is 30.5 Å². The molecule has 1 fully saturated rings. The van der Waals surface area contributed by atoms with Crippen molar-refractivity contribution in [3.8, 4) is 28.8 Å². The molecule has 1 aromatic carbocycles. The van der Waals surface area contributed by atoms with E-state index in [0.717, 1.165) is 4.68 Å². The van der Waals surface area contributed by atoms with Crippen molar-refractivity contribution in [3.63, 3.8) is 0 Å². The lowest BCUT2D eigenvalue weighted by atomic mass is 9.95. The van der Waals surface area contributed by atoms with Gasteiger partial charge in [0.1, 0.15) is 0 Å². The summed E-state index contributed by atoms with van der Waals surface area (Å²) < 4.78 is 29.7. The number of alkyl halides is 2. The summed E-state index contributed by atoms with van der Waals surface area (Å²) >= 11 is 6.22. The maximum Gasteiger partial charge on any atom is 0.292 e. The fourth-order valence-corrected chi connectivity index (χ4v) is 3.67. The predicted molar refractivity (Wildman–Crippen MR) is 108 cm³/mol. The fourth-order valence-electron chi connectivity index (χ4n) is 3.44. The van der Waals surface area contributed by atoms with Crippen LogP contribution in [-0.2, 0) is 13.0 Å². The molecule has 1 aliphatic carbocycles. The Morgan fingerprint density at radius 1 is 1.39 bits per heavy atom. The Labute approximate surface area is 181 Å². The van der Waals surface area contributed by atoms with Crippen LogP contribution >= 0.6 is 11.6 Å². The average molecular weight is 446 g/mol. The molecule has 0 radical (unpaired) electrons. The molecule has 0 unspecified atom stereocenters. The third kappa shape index (κ3) is 3.79. The number of hydrogen-bond acceptors (Lipinski definition) is 5. The standard InChI is InChI=1S/C21H18ClF2N5O2/c1-20(23,24)18-17(31)19(28(2)27-18)29-10-13(9-26-29)12-3-4-15(22)14(7-12)16(30)8-21(11-25)5-6-21/h3-4,7,9-10,31H,5-6,8H2,1-2H3. The zero-order valence-corrected chi connectivity index (χ0v) is 17.5. The van der Waals surface area contributed by atoms with Crippen LogP contribution in [0.5, 0.6) is 5.75 Å². The van der Waals surface area contributed by atoms with Crippen molar-refractivity contribution >= 4 is 17.4 Å². The Morgan fingerprint density at radius 3 is 2.68 bits per heavy atom. The Morgan fingerprint density at radius 2 is 2.10 bits per heavy atom. The van der Waals surface area contributed by atoms with Gasteiger partial charge in [-0.1, -0.05) is 17.7 Å². The van der Waals surface area contributed by atoms with E-state index in [1.807, 2.05) is 0 Å². The van der Waals surface area contributed by atoms with E-state index in [-0.39, 0.29) is 23.0 Å². The second kappa shape index (κ2) is 7.17. The molecule has 2 heterocycles. The zero-order valence-electron chi connectivity index (χ0n) is 16.7. The molecule has 0 atom stereocenters. The van der Waals surface area contributed by atoms with E-state index in [2.05, 4.69) is 16.3 Å². The Kier molecular flexibility index (Phi) is 4.85. The van der Waals surface area contributed by atoms with Gasteiger partial charge in [-0.15, -0.1) is 0 Å². The van der Waals surface area contributed by atoms with Crippen LogP contribution in [-0.4, -0.2) is 30.5 Å². The first kappa shape index (κ1) is 21.0. The van der Waals surface area contributed by atoms with E-state index in [1.165, 1.54) is 24.1 Å². The van der Waals surface area contributed by atoms with Crippen molar-refractivity contribution in [2.24, 2.45) is 12.5 Å². The number of halogens is 3. The number of carbonyl (C=O) groups excluding carboxylic acids is 1. The molecule has 0 amide bonds. The largest absolute Gasteiger partial charge is 0.503 e. The van der Waals surface area contributed by atoms with Crippen LogP contribution in [0.1, 0.15) is 42.2 Å². The highest BCUT2D eigenvalue weighted by Crippen LogP contribution is 2.49. The maximum atomic E-state index is 13.7. The SMILES string of the molecule is Cn1nc(C(C)(F)F)c(O)c1-n1cc(-c2ccc(Cl)c(C(=O)CC3(C#N)CC3)c2)cn1. The number of carbonyl (C=O) groups is 1. The quantitative estimate of drug-likeness (QED) is 0.558. The summed E-state index contributed by atoms with van der Waals surface area (Å²) in [4.78, 5) is 12.7. The molecule has 1 N–H and O–H groups in total.